The number of anilines is 2. The molecular weight excluding hydrogens is 422 g/mol. The second kappa shape index (κ2) is 9.57. The van der Waals surface area contributed by atoms with Crippen molar-refractivity contribution in [2.75, 3.05) is 29.5 Å². The minimum Gasteiger partial charge on any atom is -0.495 e. The number of non-ortho nitro benzene ring substituents is 1. The lowest BCUT2D eigenvalue weighted by atomic mass is 10.2. The number of nitrogens with zero attached hydrogens (tertiary/aromatic N) is 2. The molecule has 156 valence electrons. The van der Waals surface area contributed by atoms with Crippen LogP contribution in [0, 0.1) is 10.1 Å². The zero-order valence-electron chi connectivity index (χ0n) is 15.8. The van der Waals surface area contributed by atoms with Crippen molar-refractivity contribution >= 4 is 44.6 Å². The van der Waals surface area contributed by atoms with Gasteiger partial charge in [0, 0.05) is 35.8 Å². The van der Waals surface area contributed by atoms with Gasteiger partial charge in [0.1, 0.15) is 11.4 Å². The smallest absolute Gasteiger partial charge is 0.271 e. The first kappa shape index (κ1) is 22.4. The Labute approximate surface area is 173 Å². The van der Waals surface area contributed by atoms with Gasteiger partial charge >= 0.3 is 0 Å². The third kappa shape index (κ3) is 6.33. The van der Waals surface area contributed by atoms with Crippen LogP contribution in [0.2, 0.25) is 5.02 Å². The molecule has 0 saturated heterocycles. The van der Waals surface area contributed by atoms with Gasteiger partial charge in [0.2, 0.25) is 15.9 Å². The Kier molecular flexibility index (Phi) is 7.40. The molecule has 0 atom stereocenters. The van der Waals surface area contributed by atoms with E-state index in [-0.39, 0.29) is 42.4 Å². The lowest BCUT2D eigenvalue weighted by Crippen LogP contribution is -2.32. The number of hydrogen-bond donors (Lipinski definition) is 1. The third-order valence-electron chi connectivity index (χ3n) is 3.94. The number of carbonyl (C=O) groups excluding carboxylic acids is 1. The molecule has 29 heavy (non-hydrogen) atoms. The number of sulfonamides is 1. The fraction of sp³-hybridized carbons (Fsp3) is 0.278. The summed E-state index contributed by atoms with van der Waals surface area (Å²) in [6, 6.07) is 10.3. The van der Waals surface area contributed by atoms with Crippen molar-refractivity contribution in [2.24, 2.45) is 0 Å². The van der Waals surface area contributed by atoms with Crippen molar-refractivity contribution in [1.82, 2.24) is 0 Å². The van der Waals surface area contributed by atoms with Crippen LogP contribution >= 0.6 is 11.6 Å². The highest BCUT2D eigenvalue weighted by molar-refractivity contribution is 7.92. The number of nitrogens with one attached hydrogen (secondary N) is 1. The molecule has 9 nitrogen and oxygen atoms in total. The molecule has 0 aromatic heterocycles. The van der Waals surface area contributed by atoms with Gasteiger partial charge in [0.25, 0.3) is 5.69 Å². The molecule has 1 N–H and O–H groups in total. The van der Waals surface area contributed by atoms with Crippen LogP contribution in [0.1, 0.15) is 12.8 Å². The van der Waals surface area contributed by atoms with Crippen molar-refractivity contribution in [3.8, 4) is 5.75 Å². The molecule has 0 spiro atoms. The quantitative estimate of drug-likeness (QED) is 0.470. The maximum atomic E-state index is 12.3. The standard InChI is InChI=1S/C18H20ClN3O6S/c1-28-17-10-9-15(22(24)25)12-16(17)21(29(2,26)27)11-3-4-18(23)20-14-7-5-13(19)6-8-14/h5-10,12H,3-4,11H2,1-2H3,(H,20,23). The molecule has 0 heterocycles. The first-order valence-electron chi connectivity index (χ1n) is 8.47. The summed E-state index contributed by atoms with van der Waals surface area (Å²) in [4.78, 5) is 22.5. The number of nitro benzene ring substituents is 1. The topological polar surface area (TPSA) is 119 Å². The third-order valence-corrected chi connectivity index (χ3v) is 5.37. The van der Waals surface area contributed by atoms with Crippen LogP contribution in [-0.2, 0) is 14.8 Å². The van der Waals surface area contributed by atoms with Crippen molar-refractivity contribution in [3.63, 3.8) is 0 Å². The SMILES string of the molecule is COc1ccc([N+](=O)[O-])cc1N(CCCC(=O)Nc1ccc(Cl)cc1)S(C)(=O)=O. The molecule has 0 unspecified atom stereocenters. The second-order valence-electron chi connectivity index (χ2n) is 6.11. The largest absolute Gasteiger partial charge is 0.495 e. The van der Waals surface area contributed by atoms with Crippen LogP contribution < -0.4 is 14.4 Å². The van der Waals surface area contributed by atoms with E-state index in [9.17, 15) is 23.3 Å². The van der Waals surface area contributed by atoms with E-state index in [1.807, 2.05) is 0 Å². The predicted molar refractivity (Wildman–Crippen MR) is 111 cm³/mol. The average molecular weight is 442 g/mol. The zero-order valence-corrected chi connectivity index (χ0v) is 17.4. The first-order valence-corrected chi connectivity index (χ1v) is 10.7. The number of amides is 1. The highest BCUT2D eigenvalue weighted by Crippen LogP contribution is 2.33. The fourth-order valence-corrected chi connectivity index (χ4v) is 3.68. The van der Waals surface area contributed by atoms with Gasteiger partial charge in [-0.15, -0.1) is 0 Å². The molecule has 0 radical (unpaired) electrons. The average Bonchev–Trinajstić information content (AvgIpc) is 2.65. The van der Waals surface area contributed by atoms with Crippen molar-refractivity contribution < 1.29 is 22.9 Å². The van der Waals surface area contributed by atoms with E-state index < -0.39 is 14.9 Å². The van der Waals surface area contributed by atoms with Gasteiger partial charge in [-0.3, -0.25) is 19.2 Å². The number of benzene rings is 2. The lowest BCUT2D eigenvalue weighted by Gasteiger charge is -2.24. The van der Waals surface area contributed by atoms with Gasteiger partial charge in [-0.1, -0.05) is 11.6 Å². The molecular formula is C18H20ClN3O6S. The summed E-state index contributed by atoms with van der Waals surface area (Å²) < 4.78 is 30.7. The van der Waals surface area contributed by atoms with Gasteiger partial charge < -0.3 is 10.1 Å². The predicted octanol–water partition coefficient (Wildman–Crippen LogP) is 3.44. The van der Waals surface area contributed by atoms with Gasteiger partial charge in [0.05, 0.1) is 18.3 Å². The monoisotopic (exact) mass is 441 g/mol. The van der Waals surface area contributed by atoms with E-state index in [2.05, 4.69) is 5.32 Å². The van der Waals surface area contributed by atoms with E-state index >= 15 is 0 Å². The Morgan fingerprint density at radius 1 is 1.24 bits per heavy atom. The first-order chi connectivity index (χ1) is 13.6. The normalized spacial score (nSPS) is 11.0. The molecule has 0 aliphatic rings. The molecule has 0 fully saturated rings. The van der Waals surface area contributed by atoms with Gasteiger partial charge in [0.15, 0.2) is 0 Å². The van der Waals surface area contributed by atoms with Crippen LogP contribution in [-0.4, -0.2) is 39.2 Å². The number of nitro groups is 1. The second-order valence-corrected chi connectivity index (χ2v) is 8.45. The van der Waals surface area contributed by atoms with Gasteiger partial charge in [-0.05, 0) is 36.8 Å². The summed E-state index contributed by atoms with van der Waals surface area (Å²) in [5, 5.41) is 14.3. The molecule has 0 aliphatic carbocycles. The van der Waals surface area contributed by atoms with Crippen LogP contribution in [0.5, 0.6) is 5.75 Å². The number of carbonyl (C=O) groups is 1. The summed E-state index contributed by atoms with van der Waals surface area (Å²) in [5.74, 6) is -0.126. The summed E-state index contributed by atoms with van der Waals surface area (Å²) in [5.41, 5.74) is 0.344. The molecule has 0 bridgehead atoms. The van der Waals surface area contributed by atoms with Crippen LogP contribution in [0.25, 0.3) is 0 Å². The van der Waals surface area contributed by atoms with Crippen molar-refractivity contribution in [2.45, 2.75) is 12.8 Å². The summed E-state index contributed by atoms with van der Waals surface area (Å²) in [6.07, 6.45) is 1.23. The van der Waals surface area contributed by atoms with E-state index in [1.54, 1.807) is 24.3 Å². The summed E-state index contributed by atoms with van der Waals surface area (Å²) in [6.45, 7) is -0.0512. The minimum absolute atomic E-state index is 0.0438. The van der Waals surface area contributed by atoms with Crippen LogP contribution in [0.3, 0.4) is 0 Å². The molecule has 1 amide bonds. The molecule has 2 aromatic carbocycles. The summed E-state index contributed by atoms with van der Waals surface area (Å²) in [7, 11) is -2.43. The lowest BCUT2D eigenvalue weighted by molar-refractivity contribution is -0.384. The van der Waals surface area contributed by atoms with Gasteiger partial charge in [-0.2, -0.15) is 0 Å². The van der Waals surface area contributed by atoms with Crippen molar-refractivity contribution in [3.05, 3.63) is 57.6 Å². The number of ether oxygens (including phenoxy) is 1. The minimum atomic E-state index is -3.77. The van der Waals surface area contributed by atoms with E-state index in [0.717, 1.165) is 16.6 Å². The maximum absolute atomic E-state index is 12.3. The molecule has 0 aliphatic heterocycles. The molecule has 2 aromatic rings. The van der Waals surface area contributed by atoms with Crippen molar-refractivity contribution in [1.29, 1.82) is 0 Å². The molecule has 0 saturated carbocycles. The fourth-order valence-electron chi connectivity index (χ4n) is 2.59. The molecule has 2 rings (SSSR count). The number of methoxy groups -OCH3 is 1. The Morgan fingerprint density at radius 3 is 2.45 bits per heavy atom. The van der Waals surface area contributed by atoms with Gasteiger partial charge in [-0.25, -0.2) is 8.42 Å². The van der Waals surface area contributed by atoms with Crippen LogP contribution in [0.15, 0.2) is 42.5 Å². The number of rotatable bonds is 9. The highest BCUT2D eigenvalue weighted by Gasteiger charge is 2.24. The number of halogens is 1. The Hall–Kier alpha value is -2.85. The Morgan fingerprint density at radius 2 is 1.90 bits per heavy atom. The number of hydrogen-bond acceptors (Lipinski definition) is 6. The Balaban J connectivity index is 2.12. The zero-order chi connectivity index (χ0) is 21.6. The Bertz CT molecular complexity index is 995. The van der Waals surface area contributed by atoms with E-state index in [1.165, 1.54) is 19.2 Å². The summed E-state index contributed by atoms with van der Waals surface area (Å²) >= 11 is 5.80. The highest BCUT2D eigenvalue weighted by atomic mass is 35.5. The maximum Gasteiger partial charge on any atom is 0.271 e. The van der Waals surface area contributed by atoms with E-state index in [4.69, 9.17) is 16.3 Å². The molecule has 11 heteroatoms. The van der Waals surface area contributed by atoms with E-state index in [0.29, 0.717) is 10.7 Å². The van der Waals surface area contributed by atoms with Crippen LogP contribution in [0.4, 0.5) is 17.1 Å².